The standard InChI is InChI=1S/C21H23BrN4S/c1-3-17-12-15(13-18(4-2)24-17)21(14-7-5-8-16(22)11-14)19-23-9-6-10-26(19)20(27)25-21/h5,7-8,11-13H,3-4,6,9-10H2,1-2H3,(H,25,27). The lowest BCUT2D eigenvalue weighted by Crippen LogP contribution is -2.46. The maximum absolute atomic E-state index is 5.73. The van der Waals surface area contributed by atoms with Crippen LogP contribution < -0.4 is 5.32 Å². The first-order valence-electron chi connectivity index (χ1n) is 9.49. The van der Waals surface area contributed by atoms with E-state index in [4.69, 9.17) is 22.2 Å². The van der Waals surface area contributed by atoms with E-state index in [1.54, 1.807) is 0 Å². The van der Waals surface area contributed by atoms with Gasteiger partial charge in [-0.1, -0.05) is 41.9 Å². The minimum absolute atomic E-state index is 0.571. The molecule has 6 heteroatoms. The molecule has 1 N–H and O–H groups in total. The highest BCUT2D eigenvalue weighted by Crippen LogP contribution is 2.39. The molecule has 3 heterocycles. The number of nitrogens with one attached hydrogen (secondary N) is 1. The van der Waals surface area contributed by atoms with Crippen molar-refractivity contribution < 1.29 is 0 Å². The fraction of sp³-hybridized carbons (Fsp3) is 0.381. The molecule has 0 radical (unpaired) electrons. The van der Waals surface area contributed by atoms with Crippen LogP contribution in [0.5, 0.6) is 0 Å². The topological polar surface area (TPSA) is 40.5 Å². The Kier molecular flexibility index (Phi) is 5.03. The summed E-state index contributed by atoms with van der Waals surface area (Å²) in [6.07, 6.45) is 2.82. The summed E-state index contributed by atoms with van der Waals surface area (Å²) in [4.78, 5) is 11.9. The number of amidine groups is 1. The molecule has 2 aliphatic heterocycles. The number of halogens is 1. The van der Waals surface area contributed by atoms with E-state index in [9.17, 15) is 0 Å². The number of pyridine rings is 1. The number of benzene rings is 1. The second kappa shape index (κ2) is 7.32. The number of hydrogen-bond acceptors (Lipinski definition) is 3. The average molecular weight is 443 g/mol. The number of hydrogen-bond donors (Lipinski definition) is 1. The van der Waals surface area contributed by atoms with Gasteiger partial charge in [0.25, 0.3) is 0 Å². The predicted octanol–water partition coefficient (Wildman–Crippen LogP) is 4.20. The summed E-state index contributed by atoms with van der Waals surface area (Å²) in [6.45, 7) is 6.04. The van der Waals surface area contributed by atoms with Crippen molar-refractivity contribution in [2.75, 3.05) is 13.1 Å². The Bertz CT molecular complexity index is 904. The van der Waals surface area contributed by atoms with Crippen LogP contribution >= 0.6 is 28.1 Å². The maximum atomic E-state index is 5.73. The van der Waals surface area contributed by atoms with Crippen molar-refractivity contribution in [3.8, 4) is 0 Å². The van der Waals surface area contributed by atoms with Crippen molar-refractivity contribution in [3.05, 3.63) is 63.4 Å². The third-order valence-corrected chi connectivity index (χ3v) is 6.09. The lowest BCUT2D eigenvalue weighted by molar-refractivity contribution is 0.544. The summed E-state index contributed by atoms with van der Waals surface area (Å²) in [7, 11) is 0. The first-order valence-corrected chi connectivity index (χ1v) is 10.7. The van der Waals surface area contributed by atoms with E-state index in [2.05, 4.69) is 70.3 Å². The Balaban J connectivity index is 2.01. The van der Waals surface area contributed by atoms with E-state index < -0.39 is 5.54 Å². The molecule has 1 saturated heterocycles. The van der Waals surface area contributed by atoms with E-state index in [1.165, 1.54) is 0 Å². The molecule has 0 saturated carbocycles. The van der Waals surface area contributed by atoms with Crippen molar-refractivity contribution in [1.29, 1.82) is 0 Å². The summed E-state index contributed by atoms with van der Waals surface area (Å²) in [5.74, 6) is 1.01. The molecule has 0 bridgehead atoms. The lowest BCUT2D eigenvalue weighted by Gasteiger charge is -2.33. The molecule has 1 aromatic carbocycles. The van der Waals surface area contributed by atoms with Gasteiger partial charge in [0.2, 0.25) is 0 Å². The van der Waals surface area contributed by atoms with Gasteiger partial charge in [-0.15, -0.1) is 0 Å². The van der Waals surface area contributed by atoms with Gasteiger partial charge in [-0.05, 0) is 66.9 Å². The molecule has 0 amide bonds. The van der Waals surface area contributed by atoms with Crippen molar-refractivity contribution >= 4 is 39.1 Å². The van der Waals surface area contributed by atoms with Gasteiger partial charge in [0.15, 0.2) is 5.11 Å². The van der Waals surface area contributed by atoms with Crippen molar-refractivity contribution in [3.63, 3.8) is 0 Å². The van der Waals surface area contributed by atoms with Crippen molar-refractivity contribution in [1.82, 2.24) is 15.2 Å². The van der Waals surface area contributed by atoms with E-state index in [0.717, 1.165) is 70.3 Å². The van der Waals surface area contributed by atoms with Crippen LogP contribution in [0.25, 0.3) is 0 Å². The Hall–Kier alpha value is -1.79. The molecular weight excluding hydrogens is 420 g/mol. The number of nitrogens with zero attached hydrogens (tertiary/aromatic N) is 3. The molecule has 27 heavy (non-hydrogen) atoms. The molecule has 2 aliphatic rings. The number of rotatable bonds is 4. The van der Waals surface area contributed by atoms with Gasteiger partial charge in [-0.2, -0.15) is 0 Å². The van der Waals surface area contributed by atoms with Crippen molar-refractivity contribution in [2.24, 2.45) is 4.99 Å². The van der Waals surface area contributed by atoms with Gasteiger partial charge in [0.1, 0.15) is 11.4 Å². The van der Waals surface area contributed by atoms with Crippen LogP contribution in [0.4, 0.5) is 0 Å². The fourth-order valence-electron chi connectivity index (χ4n) is 3.93. The maximum Gasteiger partial charge on any atom is 0.175 e. The van der Waals surface area contributed by atoms with Crippen LogP contribution in [-0.2, 0) is 18.4 Å². The Morgan fingerprint density at radius 1 is 1.15 bits per heavy atom. The number of aryl methyl sites for hydroxylation is 2. The zero-order valence-electron chi connectivity index (χ0n) is 15.6. The highest BCUT2D eigenvalue weighted by atomic mass is 79.9. The van der Waals surface area contributed by atoms with Crippen molar-refractivity contribution in [2.45, 2.75) is 38.6 Å². The van der Waals surface area contributed by atoms with E-state index in [0.29, 0.717) is 0 Å². The molecule has 1 fully saturated rings. The smallest absolute Gasteiger partial charge is 0.175 e. The monoisotopic (exact) mass is 442 g/mol. The highest BCUT2D eigenvalue weighted by Gasteiger charge is 2.50. The van der Waals surface area contributed by atoms with E-state index in [-0.39, 0.29) is 0 Å². The Morgan fingerprint density at radius 2 is 1.89 bits per heavy atom. The molecule has 1 unspecified atom stereocenters. The van der Waals surface area contributed by atoms with Gasteiger partial charge >= 0.3 is 0 Å². The third-order valence-electron chi connectivity index (χ3n) is 5.28. The van der Waals surface area contributed by atoms with Crippen LogP contribution in [0.3, 0.4) is 0 Å². The molecule has 140 valence electrons. The first-order chi connectivity index (χ1) is 13.1. The fourth-order valence-corrected chi connectivity index (χ4v) is 4.66. The minimum atomic E-state index is -0.571. The number of thiocarbonyl (C=S) groups is 1. The second-order valence-corrected chi connectivity index (χ2v) is 8.25. The van der Waals surface area contributed by atoms with Crippen LogP contribution in [0, 0.1) is 0 Å². The molecule has 0 spiro atoms. The SMILES string of the molecule is CCc1cc(C2(c3cccc(Br)c3)NC(=S)N3CCCN=C32)cc(CC)n1. The van der Waals surface area contributed by atoms with Gasteiger partial charge in [0.05, 0.1) is 0 Å². The van der Waals surface area contributed by atoms with E-state index in [1.807, 2.05) is 6.07 Å². The molecule has 4 rings (SSSR count). The summed E-state index contributed by atoms with van der Waals surface area (Å²) >= 11 is 9.37. The van der Waals surface area contributed by atoms with Gasteiger partial charge in [-0.3, -0.25) is 9.98 Å². The normalized spacial score (nSPS) is 21.7. The largest absolute Gasteiger partial charge is 0.342 e. The van der Waals surface area contributed by atoms with Gasteiger partial charge in [0, 0.05) is 29.0 Å². The summed E-state index contributed by atoms with van der Waals surface area (Å²) in [5.41, 5.74) is 3.92. The minimum Gasteiger partial charge on any atom is -0.342 e. The number of aliphatic imine (C=N–C) groups is 1. The molecule has 1 atom stereocenters. The number of aromatic nitrogens is 1. The van der Waals surface area contributed by atoms with Crippen LogP contribution in [0.2, 0.25) is 0 Å². The molecule has 0 aliphatic carbocycles. The summed E-state index contributed by atoms with van der Waals surface area (Å²) in [5, 5.41) is 4.40. The highest BCUT2D eigenvalue weighted by molar-refractivity contribution is 9.10. The van der Waals surface area contributed by atoms with E-state index >= 15 is 0 Å². The molecule has 1 aromatic heterocycles. The quantitative estimate of drug-likeness (QED) is 0.719. The zero-order valence-corrected chi connectivity index (χ0v) is 18.0. The molecular formula is C21H23BrN4S. The van der Waals surface area contributed by atoms with Crippen LogP contribution in [0.1, 0.15) is 42.8 Å². The lowest BCUT2D eigenvalue weighted by atomic mass is 9.81. The van der Waals surface area contributed by atoms with Gasteiger partial charge in [-0.25, -0.2) is 0 Å². The summed E-state index contributed by atoms with van der Waals surface area (Å²) < 4.78 is 1.04. The van der Waals surface area contributed by atoms with Gasteiger partial charge < -0.3 is 10.2 Å². The zero-order chi connectivity index (χ0) is 19.0. The Morgan fingerprint density at radius 3 is 2.56 bits per heavy atom. The molecule has 2 aromatic rings. The average Bonchev–Trinajstić information content (AvgIpc) is 3.01. The Labute approximate surface area is 174 Å². The molecule has 4 nitrogen and oxygen atoms in total. The second-order valence-electron chi connectivity index (χ2n) is 6.95. The number of fused-ring (bicyclic) bond motifs is 1. The predicted molar refractivity (Wildman–Crippen MR) is 117 cm³/mol. The third kappa shape index (κ3) is 3.09. The first kappa shape index (κ1) is 18.6. The van der Waals surface area contributed by atoms with Crippen LogP contribution in [-0.4, -0.2) is 33.9 Å². The summed E-state index contributed by atoms with van der Waals surface area (Å²) in [6, 6.07) is 12.8. The van der Waals surface area contributed by atoms with Crippen LogP contribution in [0.15, 0.2) is 45.9 Å².